The van der Waals surface area contributed by atoms with Crippen LogP contribution in [-0.4, -0.2) is 33.4 Å². The summed E-state index contributed by atoms with van der Waals surface area (Å²) in [7, 11) is 0. The Morgan fingerprint density at radius 1 is 1.17 bits per heavy atom. The van der Waals surface area contributed by atoms with E-state index in [1.165, 1.54) is 27.6 Å². The van der Waals surface area contributed by atoms with Crippen molar-refractivity contribution in [3.05, 3.63) is 79.4 Å². The van der Waals surface area contributed by atoms with Gasteiger partial charge in [0.15, 0.2) is 10.9 Å². The second kappa shape index (κ2) is 9.18. The van der Waals surface area contributed by atoms with Gasteiger partial charge in [0.2, 0.25) is 5.78 Å². The number of carbonyl (C=O) groups excluding carboxylic acids is 2. The van der Waals surface area contributed by atoms with Gasteiger partial charge in [-0.15, -0.1) is 11.3 Å². The summed E-state index contributed by atoms with van der Waals surface area (Å²) in [5.74, 6) is -0.938. The monoisotopic (exact) mass is 569 g/mol. The van der Waals surface area contributed by atoms with E-state index in [2.05, 4.69) is 25.9 Å². The number of carbonyl (C=O) groups is 2. The number of rotatable bonds is 6. The van der Waals surface area contributed by atoms with Crippen LogP contribution in [0.5, 0.6) is 5.75 Å². The maximum atomic E-state index is 13.7. The zero-order chi connectivity index (χ0) is 24.9. The summed E-state index contributed by atoms with van der Waals surface area (Å²) in [4.78, 5) is 38.0. The van der Waals surface area contributed by atoms with E-state index in [1.54, 1.807) is 6.92 Å². The van der Waals surface area contributed by atoms with Crippen molar-refractivity contribution in [1.29, 1.82) is 0 Å². The van der Waals surface area contributed by atoms with Gasteiger partial charge in [0, 0.05) is 4.47 Å². The first kappa shape index (κ1) is 23.7. The minimum atomic E-state index is -0.846. The summed E-state index contributed by atoms with van der Waals surface area (Å²) in [6.45, 7) is 6.01. The number of nitrogens with zero attached hydrogens (tertiary/aromatic N) is 3. The average Bonchev–Trinajstić information content (AvgIpc) is 3.46. The Balaban J connectivity index is 1.66. The van der Waals surface area contributed by atoms with Crippen LogP contribution in [0.25, 0.3) is 10.2 Å². The molecule has 1 amide bonds. The van der Waals surface area contributed by atoms with Gasteiger partial charge in [-0.3, -0.25) is 14.5 Å². The normalized spacial score (nSPS) is 15.9. The van der Waals surface area contributed by atoms with Gasteiger partial charge < -0.3 is 9.84 Å². The standard InChI is InChI=1S/C25H20BrN3O4S2/c1-4-33-16-8-9-17-18(11-16)35-25(28-17)29-20(14-6-5-7-15(26)10-14)19(22(31)24(29)32)21(30)23-12(2)27-13(3)34-23/h5-11,20,31H,4H2,1-3H3. The average molecular weight is 570 g/mol. The van der Waals surface area contributed by atoms with E-state index in [-0.39, 0.29) is 5.57 Å². The van der Waals surface area contributed by atoms with E-state index in [0.717, 1.165) is 14.2 Å². The number of thiazole rings is 2. The van der Waals surface area contributed by atoms with Crippen molar-refractivity contribution in [3.8, 4) is 5.75 Å². The predicted molar refractivity (Wildman–Crippen MR) is 141 cm³/mol. The quantitative estimate of drug-likeness (QED) is 0.273. The van der Waals surface area contributed by atoms with Gasteiger partial charge in [-0.1, -0.05) is 39.4 Å². The minimum absolute atomic E-state index is 0.0223. The maximum Gasteiger partial charge on any atom is 0.296 e. The molecule has 10 heteroatoms. The number of aromatic nitrogens is 2. The van der Waals surface area contributed by atoms with E-state index in [9.17, 15) is 14.7 Å². The first-order chi connectivity index (χ1) is 16.8. The second-order valence-electron chi connectivity index (χ2n) is 7.93. The second-order valence-corrected chi connectivity index (χ2v) is 11.1. The zero-order valence-corrected chi connectivity index (χ0v) is 22.3. The van der Waals surface area contributed by atoms with Crippen LogP contribution in [0, 0.1) is 13.8 Å². The van der Waals surface area contributed by atoms with Crippen molar-refractivity contribution in [2.45, 2.75) is 26.8 Å². The number of aliphatic hydroxyl groups is 1. The van der Waals surface area contributed by atoms with Gasteiger partial charge in [-0.25, -0.2) is 9.97 Å². The van der Waals surface area contributed by atoms with Crippen molar-refractivity contribution in [2.75, 3.05) is 11.5 Å². The summed E-state index contributed by atoms with van der Waals surface area (Å²) in [6.07, 6.45) is 0. The summed E-state index contributed by atoms with van der Waals surface area (Å²) in [6, 6.07) is 12.0. The first-order valence-corrected chi connectivity index (χ1v) is 13.2. The number of ether oxygens (including phenoxy) is 1. The fraction of sp³-hybridized carbons (Fsp3) is 0.200. The number of anilines is 1. The van der Waals surface area contributed by atoms with Gasteiger partial charge in [-0.05, 0) is 56.7 Å². The number of hydrogen-bond donors (Lipinski definition) is 1. The first-order valence-electron chi connectivity index (χ1n) is 10.8. The summed E-state index contributed by atoms with van der Waals surface area (Å²) < 4.78 is 7.22. The molecule has 0 aliphatic carbocycles. The Morgan fingerprint density at radius 2 is 1.97 bits per heavy atom. The Hall–Kier alpha value is -3.08. The van der Waals surface area contributed by atoms with E-state index in [4.69, 9.17) is 4.74 Å². The molecule has 1 aliphatic rings. The molecule has 3 heterocycles. The molecule has 0 saturated carbocycles. The smallest absolute Gasteiger partial charge is 0.296 e. The van der Waals surface area contributed by atoms with E-state index in [0.29, 0.717) is 39.1 Å². The number of hydrogen-bond acceptors (Lipinski definition) is 8. The Labute approximate surface area is 217 Å². The molecule has 1 unspecified atom stereocenters. The zero-order valence-electron chi connectivity index (χ0n) is 19.0. The summed E-state index contributed by atoms with van der Waals surface area (Å²) in [5, 5.41) is 12.1. The molecule has 1 N–H and O–H groups in total. The molecule has 5 rings (SSSR count). The molecule has 2 aromatic heterocycles. The van der Waals surface area contributed by atoms with Gasteiger partial charge in [-0.2, -0.15) is 0 Å². The number of aliphatic hydroxyl groups excluding tert-OH is 1. The highest BCUT2D eigenvalue weighted by molar-refractivity contribution is 9.10. The molecule has 1 aliphatic heterocycles. The van der Waals surface area contributed by atoms with Crippen molar-refractivity contribution < 1.29 is 19.4 Å². The lowest BCUT2D eigenvalue weighted by atomic mass is 9.95. The third-order valence-electron chi connectivity index (χ3n) is 5.59. The Bertz CT molecular complexity index is 1520. The highest BCUT2D eigenvalue weighted by Crippen LogP contribution is 2.45. The lowest BCUT2D eigenvalue weighted by molar-refractivity contribution is -0.117. The van der Waals surface area contributed by atoms with E-state index >= 15 is 0 Å². The molecule has 0 fully saturated rings. The lowest BCUT2D eigenvalue weighted by Crippen LogP contribution is -2.31. The Kier molecular flexibility index (Phi) is 6.20. The molecule has 0 spiro atoms. The predicted octanol–water partition coefficient (Wildman–Crippen LogP) is 6.31. The number of fused-ring (bicyclic) bond motifs is 1. The molecular weight excluding hydrogens is 550 g/mol. The third-order valence-corrected chi connectivity index (χ3v) is 8.17. The van der Waals surface area contributed by atoms with E-state index < -0.39 is 23.5 Å². The van der Waals surface area contributed by atoms with Crippen LogP contribution in [0.1, 0.15) is 38.9 Å². The molecule has 35 heavy (non-hydrogen) atoms. The highest BCUT2D eigenvalue weighted by Gasteiger charge is 2.46. The molecule has 0 radical (unpaired) electrons. The number of halogens is 1. The minimum Gasteiger partial charge on any atom is -0.503 e. The van der Waals surface area contributed by atoms with Gasteiger partial charge in [0.05, 0.1) is 44.0 Å². The molecule has 7 nitrogen and oxygen atoms in total. The largest absolute Gasteiger partial charge is 0.503 e. The van der Waals surface area contributed by atoms with Crippen LogP contribution >= 0.6 is 38.6 Å². The van der Waals surface area contributed by atoms with Crippen LogP contribution in [0.15, 0.2) is 58.3 Å². The van der Waals surface area contributed by atoms with Crippen molar-refractivity contribution in [1.82, 2.24) is 9.97 Å². The number of benzene rings is 2. The van der Waals surface area contributed by atoms with E-state index in [1.807, 2.05) is 56.3 Å². The topological polar surface area (TPSA) is 92.6 Å². The highest BCUT2D eigenvalue weighted by atomic mass is 79.9. The van der Waals surface area contributed by atoms with Crippen molar-refractivity contribution >= 4 is 65.6 Å². The number of ketones is 1. The van der Waals surface area contributed by atoms with Crippen molar-refractivity contribution in [2.24, 2.45) is 0 Å². The van der Waals surface area contributed by atoms with Crippen LogP contribution in [0.2, 0.25) is 0 Å². The van der Waals surface area contributed by atoms with Gasteiger partial charge in [0.1, 0.15) is 5.75 Å². The van der Waals surface area contributed by atoms with Gasteiger partial charge in [0.25, 0.3) is 5.91 Å². The SMILES string of the molecule is CCOc1ccc2nc(N3C(=O)C(O)=C(C(=O)c4sc(C)nc4C)C3c3cccc(Br)c3)sc2c1. The lowest BCUT2D eigenvalue weighted by Gasteiger charge is -2.24. The van der Waals surface area contributed by atoms with Crippen molar-refractivity contribution in [3.63, 3.8) is 0 Å². The molecule has 2 aromatic carbocycles. The summed E-state index contributed by atoms with van der Waals surface area (Å²) >= 11 is 6.03. The van der Waals surface area contributed by atoms with Gasteiger partial charge >= 0.3 is 0 Å². The maximum absolute atomic E-state index is 13.7. The molecule has 0 saturated heterocycles. The molecular formula is C25H20BrN3O4S2. The fourth-order valence-corrected chi connectivity index (χ4v) is 6.45. The molecule has 178 valence electrons. The van der Waals surface area contributed by atoms with Crippen LogP contribution in [-0.2, 0) is 4.79 Å². The van der Waals surface area contributed by atoms with Crippen LogP contribution in [0.4, 0.5) is 5.13 Å². The molecule has 0 bridgehead atoms. The molecule has 1 atom stereocenters. The number of amides is 1. The fourth-order valence-electron chi connectivity index (χ4n) is 4.14. The number of aryl methyl sites for hydroxylation is 2. The van der Waals surface area contributed by atoms with Crippen LogP contribution < -0.4 is 9.64 Å². The number of Topliss-reactive ketones (excluding diaryl/α,β-unsaturated/α-hetero) is 1. The third kappa shape index (κ3) is 4.15. The molecule has 4 aromatic rings. The van der Waals surface area contributed by atoms with Crippen LogP contribution in [0.3, 0.4) is 0 Å². The Morgan fingerprint density at radius 3 is 2.66 bits per heavy atom. The summed E-state index contributed by atoms with van der Waals surface area (Å²) in [5.41, 5.74) is 1.96.